The number of carbonyl (C=O) groups is 1. The predicted octanol–water partition coefficient (Wildman–Crippen LogP) is 3.79. The molecule has 0 unspecified atom stereocenters. The van der Waals surface area contributed by atoms with Gasteiger partial charge in [0.1, 0.15) is 5.75 Å². The van der Waals surface area contributed by atoms with Gasteiger partial charge in [0, 0.05) is 42.4 Å². The summed E-state index contributed by atoms with van der Waals surface area (Å²) in [5, 5.41) is 10.9. The summed E-state index contributed by atoms with van der Waals surface area (Å²) < 4.78 is 13.5. The van der Waals surface area contributed by atoms with Crippen molar-refractivity contribution in [2.75, 3.05) is 27.2 Å². The summed E-state index contributed by atoms with van der Waals surface area (Å²) in [6.45, 7) is 1.62. The third kappa shape index (κ3) is 2.70. The lowest BCUT2D eigenvalue weighted by Crippen LogP contribution is -2.70. The highest BCUT2D eigenvalue weighted by Crippen LogP contribution is 2.65. The van der Waals surface area contributed by atoms with Gasteiger partial charge in [-0.15, -0.1) is 0 Å². The molecule has 32 heavy (non-hydrogen) atoms. The maximum atomic E-state index is 13.0. The molecule has 2 aliphatic carbocycles. The van der Waals surface area contributed by atoms with Gasteiger partial charge in [-0.2, -0.15) is 0 Å². The van der Waals surface area contributed by atoms with Crippen LogP contribution in [0.4, 0.5) is 0 Å². The Morgan fingerprint density at radius 2 is 2.06 bits per heavy atom. The van der Waals surface area contributed by atoms with Gasteiger partial charge in [0.25, 0.3) is 0 Å². The zero-order valence-electron chi connectivity index (χ0n) is 19.0. The molecule has 0 aromatic heterocycles. The lowest BCUT2D eigenvalue weighted by atomic mass is 9.51. The molecule has 2 heterocycles. The van der Waals surface area contributed by atoms with Crippen molar-refractivity contribution in [1.29, 1.82) is 0 Å². The fourth-order valence-corrected chi connectivity index (χ4v) is 7.19. The molecule has 2 aliphatic heterocycles. The number of quaternary nitrogens is 1. The average Bonchev–Trinajstić information content (AvgIpc) is 3.14. The number of carbonyl (C=O) groups excluding carboxylic acids is 1. The molecule has 4 aliphatic rings. The molecule has 4 atom stereocenters. The van der Waals surface area contributed by atoms with Crippen molar-refractivity contribution in [3.8, 4) is 17.2 Å². The maximum Gasteiger partial charge on any atom is 0.174 e. The van der Waals surface area contributed by atoms with E-state index in [1.807, 2.05) is 6.07 Å². The monoisotopic (exact) mass is 434 g/mol. The van der Waals surface area contributed by atoms with Gasteiger partial charge in [-0.1, -0.05) is 30.3 Å². The molecule has 1 saturated carbocycles. The Labute approximate surface area is 189 Å². The Balaban J connectivity index is 1.36. The molecule has 1 spiro atoms. The van der Waals surface area contributed by atoms with E-state index >= 15 is 0 Å². The highest BCUT2D eigenvalue weighted by molar-refractivity contribution is 5.89. The van der Waals surface area contributed by atoms with E-state index in [0.717, 1.165) is 54.4 Å². The van der Waals surface area contributed by atoms with Crippen LogP contribution >= 0.6 is 0 Å². The molecule has 168 valence electrons. The van der Waals surface area contributed by atoms with Crippen LogP contribution in [0.1, 0.15) is 42.4 Å². The minimum Gasteiger partial charge on any atom is -0.504 e. The van der Waals surface area contributed by atoms with E-state index in [1.165, 1.54) is 11.1 Å². The second kappa shape index (κ2) is 6.98. The number of nitrogens with zero attached hydrogens (tertiary/aromatic N) is 1. The first-order valence-electron chi connectivity index (χ1n) is 12.0. The number of hydrogen-bond acceptors (Lipinski definition) is 4. The third-order valence-corrected chi connectivity index (χ3v) is 8.74. The van der Waals surface area contributed by atoms with Gasteiger partial charge in [-0.3, -0.25) is 4.79 Å². The Bertz CT molecular complexity index is 1080. The van der Waals surface area contributed by atoms with Gasteiger partial charge >= 0.3 is 0 Å². The highest BCUT2D eigenvalue weighted by atomic mass is 16.5. The molecule has 2 fully saturated rings. The van der Waals surface area contributed by atoms with Crippen LogP contribution in [0.25, 0.3) is 0 Å². The number of aryl methyl sites for hydroxylation is 1. The zero-order valence-corrected chi connectivity index (χ0v) is 19.0. The number of piperidine rings is 1. The van der Waals surface area contributed by atoms with Crippen molar-refractivity contribution >= 4 is 5.78 Å². The van der Waals surface area contributed by atoms with E-state index in [1.54, 1.807) is 6.07 Å². The highest BCUT2D eigenvalue weighted by Gasteiger charge is 2.69. The van der Waals surface area contributed by atoms with Crippen molar-refractivity contribution in [3.05, 3.63) is 53.1 Å². The summed E-state index contributed by atoms with van der Waals surface area (Å²) in [5.74, 6) is 2.06. The third-order valence-electron chi connectivity index (χ3n) is 8.74. The largest absolute Gasteiger partial charge is 0.504 e. The molecule has 6 rings (SSSR count). The number of phenols is 1. The molecule has 2 aromatic rings. The first-order chi connectivity index (χ1) is 15.4. The zero-order chi connectivity index (χ0) is 22.1. The van der Waals surface area contributed by atoms with Crippen molar-refractivity contribution in [3.63, 3.8) is 0 Å². The second-order valence-corrected chi connectivity index (χ2v) is 10.7. The second-order valence-electron chi connectivity index (χ2n) is 10.7. The van der Waals surface area contributed by atoms with Crippen molar-refractivity contribution in [2.45, 2.75) is 56.1 Å². The number of aromatic hydroxyl groups is 1. The van der Waals surface area contributed by atoms with Crippen LogP contribution in [0.5, 0.6) is 17.2 Å². The number of hydrogen-bond donors (Lipinski definition) is 1. The molecule has 1 saturated heterocycles. The number of benzene rings is 2. The van der Waals surface area contributed by atoms with Crippen LogP contribution in [-0.4, -0.2) is 54.8 Å². The first-order valence-corrected chi connectivity index (χ1v) is 12.0. The number of ether oxygens (including phenoxy) is 2. The molecule has 5 nitrogen and oxygen atoms in total. The summed E-state index contributed by atoms with van der Waals surface area (Å²) in [4.78, 5) is 13.0. The quantitative estimate of drug-likeness (QED) is 0.575. The Kier molecular flexibility index (Phi) is 4.39. The number of phenolic OH excluding ortho intramolecular Hbond substituents is 1. The average molecular weight is 435 g/mol. The van der Waals surface area contributed by atoms with Crippen molar-refractivity contribution in [1.82, 2.24) is 0 Å². The minimum absolute atomic E-state index is 0.120. The normalized spacial score (nSPS) is 31.1. The van der Waals surface area contributed by atoms with E-state index in [2.05, 4.69) is 38.4 Å². The van der Waals surface area contributed by atoms with Crippen molar-refractivity contribution < 1.29 is 23.9 Å². The Hall–Kier alpha value is -2.53. The van der Waals surface area contributed by atoms with E-state index < -0.39 is 6.10 Å². The summed E-state index contributed by atoms with van der Waals surface area (Å²) in [6.07, 6.45) is 4.78. The molecule has 2 aromatic carbocycles. The van der Waals surface area contributed by atoms with E-state index in [0.29, 0.717) is 30.7 Å². The number of ketones is 1. The first kappa shape index (κ1) is 20.1. The molecule has 0 amide bonds. The van der Waals surface area contributed by atoms with Crippen molar-refractivity contribution in [2.24, 2.45) is 5.92 Å². The Morgan fingerprint density at radius 3 is 2.88 bits per heavy atom. The van der Waals surface area contributed by atoms with E-state index in [4.69, 9.17) is 9.47 Å². The van der Waals surface area contributed by atoms with Crippen LogP contribution in [-0.2, 0) is 23.1 Å². The summed E-state index contributed by atoms with van der Waals surface area (Å²) in [6, 6.07) is 12.6. The van der Waals surface area contributed by atoms with E-state index in [-0.39, 0.29) is 16.9 Å². The topological polar surface area (TPSA) is 55.8 Å². The van der Waals surface area contributed by atoms with Gasteiger partial charge in [-0.05, 0) is 24.8 Å². The summed E-state index contributed by atoms with van der Waals surface area (Å²) in [7, 11) is 4.65. The fourth-order valence-electron chi connectivity index (χ4n) is 7.19. The standard InChI is InChI=1S/C27H31NO4/c1-28(2)13-12-27-19-10-11-21(29)26(27)32-25-22(30)16-23(18(24(25)27)15-20(19)28)31-14-6-9-17-7-4-3-5-8-17/h3-5,7-8,16,19-20,26H,6,9-15H2,1-2H3/p+1/t19-,20+,26-,27-/m0/s1. The number of rotatable bonds is 5. The lowest BCUT2D eigenvalue weighted by Gasteiger charge is -2.59. The number of likely N-dealkylation sites (tertiary alicyclic amines) is 1. The molecule has 0 radical (unpaired) electrons. The maximum absolute atomic E-state index is 13.0. The molecule has 5 heteroatoms. The van der Waals surface area contributed by atoms with Crippen LogP contribution in [0, 0.1) is 5.92 Å². The van der Waals surface area contributed by atoms with Crippen LogP contribution in [0.2, 0.25) is 0 Å². The summed E-state index contributed by atoms with van der Waals surface area (Å²) >= 11 is 0. The van der Waals surface area contributed by atoms with Crippen LogP contribution in [0.15, 0.2) is 36.4 Å². The molecule has 2 bridgehead atoms. The molecular formula is C27H32NO4+. The Morgan fingerprint density at radius 1 is 1.25 bits per heavy atom. The molecule has 1 N–H and O–H groups in total. The van der Waals surface area contributed by atoms with Gasteiger partial charge in [0.15, 0.2) is 23.4 Å². The fraction of sp³-hybridized carbons (Fsp3) is 0.519. The number of likely N-dealkylation sites (N-methyl/N-ethyl adjacent to an activating group) is 1. The van der Waals surface area contributed by atoms with Crippen LogP contribution < -0.4 is 9.47 Å². The number of Topliss-reactive ketones (excluding diaryl/α,β-unsaturated/α-hetero) is 1. The van der Waals surface area contributed by atoms with Crippen LogP contribution in [0.3, 0.4) is 0 Å². The predicted molar refractivity (Wildman–Crippen MR) is 121 cm³/mol. The minimum atomic E-state index is -0.447. The van der Waals surface area contributed by atoms with Gasteiger partial charge in [0.05, 0.1) is 38.7 Å². The molecular weight excluding hydrogens is 402 g/mol. The smallest absolute Gasteiger partial charge is 0.174 e. The lowest BCUT2D eigenvalue weighted by molar-refractivity contribution is -0.927. The van der Waals surface area contributed by atoms with Gasteiger partial charge in [0.2, 0.25) is 0 Å². The van der Waals surface area contributed by atoms with Gasteiger partial charge in [-0.25, -0.2) is 0 Å². The van der Waals surface area contributed by atoms with Gasteiger partial charge < -0.3 is 19.1 Å². The van der Waals surface area contributed by atoms with E-state index in [9.17, 15) is 9.90 Å². The summed E-state index contributed by atoms with van der Waals surface area (Å²) in [5.41, 5.74) is 3.27. The SMILES string of the molecule is C[N+]1(C)CC[C@]23c4c5c(OCCCc6ccccc6)cc(O)c4O[C@H]2C(=O)CC[C@H]3[C@H]1C5.